The predicted octanol–water partition coefficient (Wildman–Crippen LogP) is 2.55. The van der Waals surface area contributed by atoms with Crippen LogP contribution in [0, 0.1) is 0 Å². The maximum atomic E-state index is 14.3. The van der Waals surface area contributed by atoms with E-state index in [2.05, 4.69) is 15.0 Å². The van der Waals surface area contributed by atoms with E-state index < -0.39 is 18.2 Å². The van der Waals surface area contributed by atoms with Gasteiger partial charge in [-0.15, -0.1) is 11.3 Å². The fraction of sp³-hybridized carbons (Fsp3) is 0.389. The van der Waals surface area contributed by atoms with Crippen molar-refractivity contribution < 1.29 is 18.7 Å². The molecule has 3 aromatic rings. The molecule has 1 aliphatic heterocycles. The summed E-state index contributed by atoms with van der Waals surface area (Å²) in [6, 6.07) is 5.08. The topological polar surface area (TPSA) is 80.3 Å². The van der Waals surface area contributed by atoms with E-state index in [-0.39, 0.29) is 6.61 Å². The summed E-state index contributed by atoms with van der Waals surface area (Å²) in [7, 11) is 1.34. The first-order valence-electron chi connectivity index (χ1n) is 8.55. The Hall–Kier alpha value is -2.36. The van der Waals surface area contributed by atoms with Crippen LogP contribution >= 0.6 is 11.3 Å². The second kappa shape index (κ2) is 7.71. The number of thiazole rings is 1. The number of carbonyl (C=O) groups excluding carboxylic acids is 1. The molecule has 1 N–H and O–H groups in total. The van der Waals surface area contributed by atoms with Crippen molar-refractivity contribution in [2.45, 2.75) is 25.4 Å². The summed E-state index contributed by atoms with van der Waals surface area (Å²) in [5.41, 5.74) is 1.87. The second-order valence-corrected chi connectivity index (χ2v) is 7.37. The van der Waals surface area contributed by atoms with Crippen LogP contribution in [0.5, 0.6) is 0 Å². The number of hydrogen-bond acceptors (Lipinski definition) is 7. The molecular formula is C18H19FN4O3S. The van der Waals surface area contributed by atoms with Crippen LogP contribution in [0.2, 0.25) is 0 Å². The standard InChI is InChI=1S/C18H19FN4O3S/c1-25-18(24)11-2-3-13-14(6-11)22-16(21-13)10-26-15-8-23(7-12(15)19)9-17-20-4-5-27-17/h2-6,12,15H,7-10H2,1H3,(H,21,22)/t12-,15+/m1/s1. The highest BCUT2D eigenvalue weighted by Crippen LogP contribution is 2.21. The number of rotatable bonds is 6. The lowest BCUT2D eigenvalue weighted by Gasteiger charge is -2.14. The Kier molecular flexibility index (Phi) is 5.15. The molecule has 1 aliphatic rings. The van der Waals surface area contributed by atoms with Crippen LogP contribution in [0.1, 0.15) is 21.2 Å². The van der Waals surface area contributed by atoms with Crippen molar-refractivity contribution in [3.8, 4) is 0 Å². The minimum atomic E-state index is -1.04. The van der Waals surface area contributed by atoms with Crippen molar-refractivity contribution in [1.82, 2.24) is 19.9 Å². The van der Waals surface area contributed by atoms with Crippen molar-refractivity contribution in [3.05, 3.63) is 46.2 Å². The van der Waals surface area contributed by atoms with E-state index in [4.69, 9.17) is 9.47 Å². The third-order valence-electron chi connectivity index (χ3n) is 4.50. The summed E-state index contributed by atoms with van der Waals surface area (Å²) in [6.07, 6.45) is 0.216. The number of halogens is 1. The van der Waals surface area contributed by atoms with Gasteiger partial charge in [0, 0.05) is 24.7 Å². The number of H-pyrrole nitrogens is 1. The van der Waals surface area contributed by atoms with Gasteiger partial charge < -0.3 is 14.5 Å². The first-order valence-corrected chi connectivity index (χ1v) is 9.43. The van der Waals surface area contributed by atoms with E-state index in [1.807, 2.05) is 10.3 Å². The fourth-order valence-electron chi connectivity index (χ4n) is 3.18. The molecule has 1 saturated heterocycles. The summed E-state index contributed by atoms with van der Waals surface area (Å²) in [6.45, 7) is 1.68. The molecular weight excluding hydrogens is 371 g/mol. The summed E-state index contributed by atoms with van der Waals surface area (Å²) in [5.74, 6) is 0.188. The summed E-state index contributed by atoms with van der Waals surface area (Å²) in [5, 5.41) is 2.89. The SMILES string of the molecule is COC(=O)c1ccc2nc(CO[C@H]3CN(Cc4nccs4)C[C@H]3F)[nH]c2c1. The van der Waals surface area contributed by atoms with E-state index in [0.29, 0.717) is 36.5 Å². The number of esters is 1. The Bertz CT molecular complexity index is 930. The van der Waals surface area contributed by atoms with Gasteiger partial charge in [-0.1, -0.05) is 0 Å². The predicted molar refractivity (Wildman–Crippen MR) is 98.3 cm³/mol. The Morgan fingerprint density at radius 3 is 3.11 bits per heavy atom. The molecule has 0 unspecified atom stereocenters. The number of hydrogen-bond donors (Lipinski definition) is 1. The van der Waals surface area contributed by atoms with Crippen LogP contribution < -0.4 is 0 Å². The minimum absolute atomic E-state index is 0.179. The lowest BCUT2D eigenvalue weighted by atomic mass is 10.2. The van der Waals surface area contributed by atoms with Gasteiger partial charge in [0.05, 0.1) is 30.3 Å². The Morgan fingerprint density at radius 1 is 1.44 bits per heavy atom. The molecule has 1 fully saturated rings. The zero-order chi connectivity index (χ0) is 18.8. The lowest BCUT2D eigenvalue weighted by molar-refractivity contribution is 0.00863. The molecule has 0 aliphatic carbocycles. The van der Waals surface area contributed by atoms with E-state index in [1.165, 1.54) is 7.11 Å². The van der Waals surface area contributed by atoms with Gasteiger partial charge >= 0.3 is 5.97 Å². The molecule has 0 radical (unpaired) electrons. The zero-order valence-corrected chi connectivity index (χ0v) is 15.5. The highest BCUT2D eigenvalue weighted by molar-refractivity contribution is 7.09. The molecule has 2 atom stereocenters. The Balaban J connectivity index is 1.37. The summed E-state index contributed by atoms with van der Waals surface area (Å²) >= 11 is 1.57. The van der Waals surface area contributed by atoms with Crippen LogP contribution in [0.15, 0.2) is 29.8 Å². The van der Waals surface area contributed by atoms with Gasteiger partial charge in [0.25, 0.3) is 0 Å². The third-order valence-corrected chi connectivity index (χ3v) is 5.27. The van der Waals surface area contributed by atoms with Crippen LogP contribution in [-0.4, -0.2) is 58.3 Å². The van der Waals surface area contributed by atoms with Gasteiger partial charge in [0.15, 0.2) is 0 Å². The number of aromatic amines is 1. The molecule has 0 amide bonds. The van der Waals surface area contributed by atoms with E-state index in [1.54, 1.807) is 35.7 Å². The zero-order valence-electron chi connectivity index (χ0n) is 14.7. The van der Waals surface area contributed by atoms with Crippen molar-refractivity contribution in [2.24, 2.45) is 0 Å². The third kappa shape index (κ3) is 4.00. The van der Waals surface area contributed by atoms with Crippen LogP contribution in [0.3, 0.4) is 0 Å². The highest BCUT2D eigenvalue weighted by atomic mass is 32.1. The van der Waals surface area contributed by atoms with Gasteiger partial charge in [-0.25, -0.2) is 19.2 Å². The molecule has 7 nitrogen and oxygen atoms in total. The first kappa shape index (κ1) is 18.0. The maximum absolute atomic E-state index is 14.3. The quantitative estimate of drug-likeness (QED) is 0.652. The molecule has 0 saturated carbocycles. The first-order chi connectivity index (χ1) is 13.1. The van der Waals surface area contributed by atoms with Gasteiger partial charge in [0.2, 0.25) is 0 Å². The largest absolute Gasteiger partial charge is 0.465 e. The number of aromatic nitrogens is 3. The van der Waals surface area contributed by atoms with E-state index >= 15 is 0 Å². The van der Waals surface area contributed by atoms with Gasteiger partial charge in [0.1, 0.15) is 29.7 Å². The number of carbonyl (C=O) groups is 1. The number of nitrogens with one attached hydrogen (secondary N) is 1. The second-order valence-electron chi connectivity index (χ2n) is 6.39. The van der Waals surface area contributed by atoms with Crippen molar-refractivity contribution in [2.75, 3.05) is 20.2 Å². The van der Waals surface area contributed by atoms with Crippen LogP contribution in [-0.2, 0) is 22.6 Å². The average Bonchev–Trinajstić information content (AvgIpc) is 3.39. The van der Waals surface area contributed by atoms with Gasteiger partial charge in [-0.05, 0) is 18.2 Å². The molecule has 2 aromatic heterocycles. The lowest BCUT2D eigenvalue weighted by Crippen LogP contribution is -2.24. The van der Waals surface area contributed by atoms with E-state index in [9.17, 15) is 9.18 Å². The van der Waals surface area contributed by atoms with E-state index in [0.717, 1.165) is 10.5 Å². The molecule has 4 rings (SSSR count). The number of likely N-dealkylation sites (tertiary alicyclic amines) is 1. The number of imidazole rings is 1. The smallest absolute Gasteiger partial charge is 0.337 e. The number of nitrogens with zero attached hydrogens (tertiary/aromatic N) is 3. The maximum Gasteiger partial charge on any atom is 0.337 e. The van der Waals surface area contributed by atoms with Crippen LogP contribution in [0.25, 0.3) is 11.0 Å². The fourth-order valence-corrected chi connectivity index (χ4v) is 3.84. The van der Waals surface area contributed by atoms with Crippen LogP contribution in [0.4, 0.5) is 4.39 Å². The molecule has 3 heterocycles. The summed E-state index contributed by atoms with van der Waals surface area (Å²) in [4.78, 5) is 25.4. The number of methoxy groups -OCH3 is 1. The molecule has 142 valence electrons. The van der Waals surface area contributed by atoms with Crippen molar-refractivity contribution >= 4 is 28.3 Å². The Morgan fingerprint density at radius 2 is 2.33 bits per heavy atom. The number of ether oxygens (including phenoxy) is 2. The average molecular weight is 390 g/mol. The summed E-state index contributed by atoms with van der Waals surface area (Å²) < 4.78 is 24.8. The molecule has 1 aromatic carbocycles. The van der Waals surface area contributed by atoms with Gasteiger partial charge in [-0.3, -0.25) is 4.90 Å². The number of fused-ring (bicyclic) bond motifs is 1. The minimum Gasteiger partial charge on any atom is -0.465 e. The monoisotopic (exact) mass is 390 g/mol. The Labute approximate surface area is 159 Å². The molecule has 9 heteroatoms. The number of alkyl halides is 1. The molecule has 27 heavy (non-hydrogen) atoms. The molecule has 0 bridgehead atoms. The number of benzene rings is 1. The van der Waals surface area contributed by atoms with Crippen molar-refractivity contribution in [3.63, 3.8) is 0 Å². The van der Waals surface area contributed by atoms with Gasteiger partial charge in [-0.2, -0.15) is 0 Å². The molecule has 0 spiro atoms. The van der Waals surface area contributed by atoms with Crippen molar-refractivity contribution in [1.29, 1.82) is 0 Å². The normalized spacial score (nSPS) is 20.4. The highest BCUT2D eigenvalue weighted by Gasteiger charge is 2.34.